The van der Waals surface area contributed by atoms with Crippen LogP contribution in [0.15, 0.2) is 36.5 Å². The molecule has 0 unspecified atom stereocenters. The van der Waals surface area contributed by atoms with Crippen molar-refractivity contribution in [2.75, 3.05) is 11.9 Å². The Morgan fingerprint density at radius 3 is 3.00 bits per heavy atom. The molecule has 0 spiro atoms. The average molecular weight is 334 g/mol. The monoisotopic (exact) mass is 333 g/mol. The van der Waals surface area contributed by atoms with Crippen LogP contribution in [0.2, 0.25) is 5.02 Å². The SMILES string of the molecule is CCOc1ccc2nc(NC(=O)c3cc(Cl)ccn3)sc2c1. The molecule has 0 saturated heterocycles. The number of hydrogen-bond donors (Lipinski definition) is 1. The summed E-state index contributed by atoms with van der Waals surface area (Å²) in [5.74, 6) is 0.444. The van der Waals surface area contributed by atoms with Gasteiger partial charge in [0.2, 0.25) is 0 Å². The molecule has 3 rings (SSSR count). The molecule has 1 amide bonds. The number of halogens is 1. The lowest BCUT2D eigenvalue weighted by Crippen LogP contribution is -2.13. The molecule has 0 saturated carbocycles. The lowest BCUT2D eigenvalue weighted by molar-refractivity contribution is 0.102. The number of carbonyl (C=O) groups is 1. The Morgan fingerprint density at radius 1 is 1.36 bits per heavy atom. The van der Waals surface area contributed by atoms with Gasteiger partial charge in [-0.25, -0.2) is 4.98 Å². The van der Waals surface area contributed by atoms with Crippen LogP contribution in [-0.4, -0.2) is 22.5 Å². The van der Waals surface area contributed by atoms with Crippen molar-refractivity contribution in [1.29, 1.82) is 0 Å². The summed E-state index contributed by atoms with van der Waals surface area (Å²) in [6.45, 7) is 2.54. The molecule has 0 bridgehead atoms. The molecule has 0 fully saturated rings. The third kappa shape index (κ3) is 3.18. The van der Waals surface area contributed by atoms with Gasteiger partial charge >= 0.3 is 0 Å². The van der Waals surface area contributed by atoms with Gasteiger partial charge in [-0.2, -0.15) is 0 Å². The zero-order valence-electron chi connectivity index (χ0n) is 11.7. The average Bonchev–Trinajstić information content (AvgIpc) is 2.89. The van der Waals surface area contributed by atoms with E-state index in [0.29, 0.717) is 16.8 Å². The van der Waals surface area contributed by atoms with Crippen molar-refractivity contribution < 1.29 is 9.53 Å². The molecule has 2 heterocycles. The third-order valence-electron chi connectivity index (χ3n) is 2.85. The van der Waals surface area contributed by atoms with Crippen molar-refractivity contribution in [3.63, 3.8) is 0 Å². The predicted molar refractivity (Wildman–Crippen MR) is 88.0 cm³/mol. The first kappa shape index (κ1) is 14.7. The van der Waals surface area contributed by atoms with Crippen molar-refractivity contribution in [2.45, 2.75) is 6.92 Å². The van der Waals surface area contributed by atoms with Crippen LogP contribution in [0.3, 0.4) is 0 Å². The van der Waals surface area contributed by atoms with Gasteiger partial charge in [-0.05, 0) is 37.3 Å². The summed E-state index contributed by atoms with van der Waals surface area (Å²) in [6.07, 6.45) is 1.49. The molecule has 5 nitrogen and oxygen atoms in total. The van der Waals surface area contributed by atoms with Crippen LogP contribution in [0.5, 0.6) is 5.75 Å². The van der Waals surface area contributed by atoms with E-state index in [-0.39, 0.29) is 11.6 Å². The van der Waals surface area contributed by atoms with Crippen LogP contribution in [0.25, 0.3) is 10.2 Å². The summed E-state index contributed by atoms with van der Waals surface area (Å²) in [4.78, 5) is 20.5. The zero-order chi connectivity index (χ0) is 15.5. The second kappa shape index (κ2) is 6.29. The van der Waals surface area contributed by atoms with Crippen LogP contribution in [0.1, 0.15) is 17.4 Å². The minimum atomic E-state index is -0.341. The van der Waals surface area contributed by atoms with Gasteiger partial charge in [0.15, 0.2) is 5.13 Å². The van der Waals surface area contributed by atoms with Gasteiger partial charge in [-0.1, -0.05) is 22.9 Å². The van der Waals surface area contributed by atoms with Crippen molar-refractivity contribution in [1.82, 2.24) is 9.97 Å². The fraction of sp³-hybridized carbons (Fsp3) is 0.133. The van der Waals surface area contributed by atoms with E-state index in [1.165, 1.54) is 23.6 Å². The van der Waals surface area contributed by atoms with Crippen LogP contribution < -0.4 is 10.1 Å². The van der Waals surface area contributed by atoms with E-state index in [1.54, 1.807) is 6.07 Å². The lowest BCUT2D eigenvalue weighted by atomic mass is 10.3. The van der Waals surface area contributed by atoms with Crippen molar-refractivity contribution in [2.24, 2.45) is 0 Å². The number of anilines is 1. The molecule has 112 valence electrons. The number of carbonyl (C=O) groups excluding carboxylic acids is 1. The summed E-state index contributed by atoms with van der Waals surface area (Å²) < 4.78 is 6.40. The van der Waals surface area contributed by atoms with Gasteiger partial charge in [0, 0.05) is 11.2 Å². The highest BCUT2D eigenvalue weighted by molar-refractivity contribution is 7.22. The number of pyridine rings is 1. The number of ether oxygens (including phenoxy) is 1. The molecule has 0 aliphatic rings. The summed E-state index contributed by atoms with van der Waals surface area (Å²) in [5.41, 5.74) is 1.06. The fourth-order valence-corrected chi connectivity index (χ4v) is 2.95. The van der Waals surface area contributed by atoms with Crippen LogP contribution in [-0.2, 0) is 0 Å². The molecule has 0 aliphatic carbocycles. The molecule has 22 heavy (non-hydrogen) atoms. The first-order chi connectivity index (χ1) is 10.7. The number of aromatic nitrogens is 2. The minimum absolute atomic E-state index is 0.252. The quantitative estimate of drug-likeness (QED) is 0.784. The van der Waals surface area contributed by atoms with Gasteiger partial charge in [0.25, 0.3) is 5.91 Å². The van der Waals surface area contributed by atoms with Gasteiger partial charge in [-0.15, -0.1) is 0 Å². The standard InChI is InChI=1S/C15H12ClN3O2S/c1-2-21-10-3-4-11-13(8-10)22-15(18-11)19-14(20)12-7-9(16)5-6-17-12/h3-8H,2H2,1H3,(H,18,19,20). The van der Waals surface area contributed by atoms with E-state index in [4.69, 9.17) is 16.3 Å². The molecule has 0 atom stereocenters. The van der Waals surface area contributed by atoms with E-state index in [1.807, 2.05) is 25.1 Å². The Kier molecular flexibility index (Phi) is 4.22. The third-order valence-corrected chi connectivity index (χ3v) is 4.01. The Balaban J connectivity index is 1.83. The maximum Gasteiger partial charge on any atom is 0.276 e. The molecule has 1 N–H and O–H groups in total. The van der Waals surface area contributed by atoms with E-state index in [9.17, 15) is 4.79 Å². The molecule has 3 aromatic rings. The van der Waals surface area contributed by atoms with Gasteiger partial charge in [0.05, 0.1) is 16.8 Å². The normalized spacial score (nSPS) is 10.6. The number of benzene rings is 1. The lowest BCUT2D eigenvalue weighted by Gasteiger charge is -2.00. The van der Waals surface area contributed by atoms with Crippen LogP contribution in [0, 0.1) is 0 Å². The highest BCUT2D eigenvalue weighted by atomic mass is 35.5. The van der Waals surface area contributed by atoms with E-state index in [2.05, 4.69) is 15.3 Å². The zero-order valence-corrected chi connectivity index (χ0v) is 13.2. The van der Waals surface area contributed by atoms with Gasteiger partial charge in [0.1, 0.15) is 11.4 Å². The smallest absolute Gasteiger partial charge is 0.276 e. The maximum atomic E-state index is 12.1. The van der Waals surface area contributed by atoms with Crippen LogP contribution in [0.4, 0.5) is 5.13 Å². The first-order valence-corrected chi connectivity index (χ1v) is 7.81. The summed E-state index contributed by atoms with van der Waals surface area (Å²) >= 11 is 7.24. The van der Waals surface area contributed by atoms with Crippen molar-refractivity contribution in [3.05, 3.63) is 47.2 Å². The molecule has 7 heteroatoms. The highest BCUT2D eigenvalue weighted by Crippen LogP contribution is 2.29. The molecule has 0 aliphatic heterocycles. The van der Waals surface area contributed by atoms with Gasteiger partial charge in [-0.3, -0.25) is 15.1 Å². The summed E-state index contributed by atoms with van der Waals surface area (Å²) in [7, 11) is 0. The molecular formula is C15H12ClN3O2S. The molecule has 2 aromatic heterocycles. The highest BCUT2D eigenvalue weighted by Gasteiger charge is 2.12. The fourth-order valence-electron chi connectivity index (χ4n) is 1.90. The number of nitrogens with zero attached hydrogens (tertiary/aromatic N) is 2. The van der Waals surface area contributed by atoms with Crippen molar-refractivity contribution in [3.8, 4) is 5.75 Å². The van der Waals surface area contributed by atoms with Gasteiger partial charge < -0.3 is 4.74 Å². The number of hydrogen-bond acceptors (Lipinski definition) is 5. The number of fused-ring (bicyclic) bond motifs is 1. The Hall–Kier alpha value is -2.18. The number of amides is 1. The number of rotatable bonds is 4. The topological polar surface area (TPSA) is 64.1 Å². The largest absolute Gasteiger partial charge is 0.494 e. The molecule has 1 aromatic carbocycles. The second-order valence-corrected chi connectivity index (χ2v) is 5.86. The summed E-state index contributed by atoms with van der Waals surface area (Å²) in [5, 5.41) is 3.71. The predicted octanol–water partition coefficient (Wildman–Crippen LogP) is 4.00. The number of nitrogens with one attached hydrogen (secondary N) is 1. The second-order valence-electron chi connectivity index (χ2n) is 4.39. The number of thiazole rings is 1. The first-order valence-electron chi connectivity index (χ1n) is 6.62. The molecule has 0 radical (unpaired) electrons. The minimum Gasteiger partial charge on any atom is -0.494 e. The maximum absolute atomic E-state index is 12.1. The van der Waals surface area contributed by atoms with Crippen LogP contribution >= 0.6 is 22.9 Å². The van der Waals surface area contributed by atoms with E-state index in [0.717, 1.165) is 16.0 Å². The van der Waals surface area contributed by atoms with E-state index < -0.39 is 0 Å². The Bertz CT molecular complexity index is 835. The molecular weight excluding hydrogens is 322 g/mol. The van der Waals surface area contributed by atoms with E-state index >= 15 is 0 Å². The summed E-state index contributed by atoms with van der Waals surface area (Å²) in [6, 6.07) is 8.76. The Morgan fingerprint density at radius 2 is 2.23 bits per heavy atom. The Labute approximate surface area is 135 Å². The van der Waals surface area contributed by atoms with Crippen molar-refractivity contribution >= 4 is 44.2 Å².